The molecule has 84 valence electrons. The first-order valence-corrected chi connectivity index (χ1v) is 5.36. The van der Waals surface area contributed by atoms with Crippen LogP contribution in [0.3, 0.4) is 0 Å². The lowest BCUT2D eigenvalue weighted by Crippen LogP contribution is -2.37. The number of aliphatic imine (C=N–C) groups is 1. The van der Waals surface area contributed by atoms with Gasteiger partial charge >= 0.3 is 0 Å². The summed E-state index contributed by atoms with van der Waals surface area (Å²) in [5, 5.41) is 10.5. The third-order valence-electron chi connectivity index (χ3n) is 1.85. The molecule has 2 N–H and O–H groups in total. The Morgan fingerprint density at radius 1 is 1.33 bits per heavy atom. The Labute approximate surface area is 90.6 Å². The number of nitrogens with one attached hydrogen (secondary N) is 2. The van der Waals surface area contributed by atoms with Crippen molar-refractivity contribution in [2.45, 2.75) is 20.4 Å². The van der Waals surface area contributed by atoms with E-state index in [4.69, 9.17) is 0 Å². The molecule has 5 heteroatoms. The maximum Gasteiger partial charge on any atom is 0.191 e. The fourth-order valence-corrected chi connectivity index (χ4v) is 1.21. The van der Waals surface area contributed by atoms with Gasteiger partial charge in [0.05, 0.1) is 13.1 Å². The van der Waals surface area contributed by atoms with Crippen LogP contribution in [0.2, 0.25) is 0 Å². The topological polar surface area (TPSA) is 54.2 Å². The molecule has 1 aromatic rings. The molecule has 0 aliphatic rings. The number of guanidine groups is 1. The zero-order valence-electron chi connectivity index (χ0n) is 9.40. The van der Waals surface area contributed by atoms with Crippen LogP contribution in [0.5, 0.6) is 0 Å². The minimum absolute atomic E-state index is 0.733. The van der Waals surface area contributed by atoms with Crippen LogP contribution in [-0.2, 0) is 6.54 Å². The molecule has 0 radical (unpaired) electrons. The lowest BCUT2D eigenvalue weighted by molar-refractivity contribution is 0.622. The van der Waals surface area contributed by atoms with Crippen molar-refractivity contribution in [1.29, 1.82) is 0 Å². The van der Waals surface area contributed by atoms with Gasteiger partial charge in [-0.25, -0.2) is 0 Å². The maximum atomic E-state index is 4.41. The van der Waals surface area contributed by atoms with Crippen molar-refractivity contribution in [2.75, 3.05) is 19.6 Å². The summed E-state index contributed by atoms with van der Waals surface area (Å²) in [5.41, 5.74) is 0. The molecule has 1 aromatic heterocycles. The van der Waals surface area contributed by atoms with Crippen molar-refractivity contribution < 1.29 is 0 Å². The maximum absolute atomic E-state index is 4.41. The molecule has 0 bridgehead atoms. The summed E-state index contributed by atoms with van der Waals surface area (Å²) < 4.78 is 1.87. The van der Waals surface area contributed by atoms with E-state index in [1.165, 1.54) is 0 Å². The number of hydrogen-bond donors (Lipinski definition) is 2. The minimum atomic E-state index is 0.733. The van der Waals surface area contributed by atoms with Crippen LogP contribution in [0.1, 0.15) is 13.8 Å². The van der Waals surface area contributed by atoms with Crippen LogP contribution in [0, 0.1) is 0 Å². The Hall–Kier alpha value is -1.52. The molecule has 5 nitrogen and oxygen atoms in total. The molecule has 0 saturated heterocycles. The third-order valence-corrected chi connectivity index (χ3v) is 1.85. The molecular formula is C10H19N5. The van der Waals surface area contributed by atoms with Gasteiger partial charge in [0.25, 0.3) is 0 Å². The van der Waals surface area contributed by atoms with E-state index in [9.17, 15) is 0 Å². The van der Waals surface area contributed by atoms with Crippen LogP contribution in [0.15, 0.2) is 23.5 Å². The normalized spacial score (nSPS) is 9.73. The second-order valence-corrected chi connectivity index (χ2v) is 3.06. The van der Waals surface area contributed by atoms with Crippen molar-refractivity contribution in [1.82, 2.24) is 20.4 Å². The summed E-state index contributed by atoms with van der Waals surface area (Å²) in [6, 6.07) is 1.92. The molecule has 0 aliphatic carbocycles. The monoisotopic (exact) mass is 209 g/mol. The Balaban J connectivity index is 2.32. The number of hydrogen-bond acceptors (Lipinski definition) is 2. The summed E-state index contributed by atoms with van der Waals surface area (Å²) in [4.78, 5) is 4.41. The van der Waals surface area contributed by atoms with E-state index >= 15 is 0 Å². The van der Waals surface area contributed by atoms with Crippen molar-refractivity contribution >= 4 is 5.96 Å². The largest absolute Gasteiger partial charge is 0.357 e. The van der Waals surface area contributed by atoms with Crippen LogP contribution in [-0.4, -0.2) is 35.4 Å². The Kier molecular flexibility index (Phi) is 5.29. The molecule has 0 spiro atoms. The van der Waals surface area contributed by atoms with E-state index in [0.29, 0.717) is 0 Å². The second-order valence-electron chi connectivity index (χ2n) is 3.06. The zero-order valence-corrected chi connectivity index (χ0v) is 9.40. The summed E-state index contributed by atoms with van der Waals surface area (Å²) >= 11 is 0. The van der Waals surface area contributed by atoms with Gasteiger partial charge < -0.3 is 10.6 Å². The highest BCUT2D eigenvalue weighted by Crippen LogP contribution is 1.84. The number of aromatic nitrogens is 2. The predicted molar refractivity (Wildman–Crippen MR) is 61.9 cm³/mol. The lowest BCUT2D eigenvalue weighted by atomic mass is 10.6. The highest BCUT2D eigenvalue weighted by molar-refractivity contribution is 5.79. The van der Waals surface area contributed by atoms with Gasteiger partial charge in [-0.3, -0.25) is 9.67 Å². The van der Waals surface area contributed by atoms with Gasteiger partial charge in [-0.05, 0) is 19.9 Å². The van der Waals surface area contributed by atoms with Gasteiger partial charge in [-0.2, -0.15) is 5.10 Å². The fraction of sp³-hybridized carbons (Fsp3) is 0.600. The van der Waals surface area contributed by atoms with Crippen LogP contribution >= 0.6 is 0 Å². The summed E-state index contributed by atoms with van der Waals surface area (Å²) in [6.45, 7) is 7.42. The number of rotatable bonds is 5. The van der Waals surface area contributed by atoms with Crippen molar-refractivity contribution in [3.05, 3.63) is 18.5 Å². The highest BCUT2D eigenvalue weighted by Gasteiger charge is 1.93. The average Bonchev–Trinajstić information content (AvgIpc) is 2.71. The van der Waals surface area contributed by atoms with Gasteiger partial charge in [0.1, 0.15) is 0 Å². The average molecular weight is 209 g/mol. The first-order valence-electron chi connectivity index (χ1n) is 5.36. The van der Waals surface area contributed by atoms with Gasteiger partial charge in [0.2, 0.25) is 0 Å². The Morgan fingerprint density at radius 2 is 2.07 bits per heavy atom. The standard InChI is InChI=1S/C10H19N5/c1-3-11-10(12-4-2)13-7-9-15-8-5-6-14-15/h5-6,8H,3-4,7,9H2,1-2H3,(H2,11,12,13). The lowest BCUT2D eigenvalue weighted by Gasteiger charge is -2.08. The molecule has 0 unspecified atom stereocenters. The Bertz CT molecular complexity index is 270. The molecule has 15 heavy (non-hydrogen) atoms. The van der Waals surface area contributed by atoms with E-state index in [0.717, 1.165) is 32.1 Å². The van der Waals surface area contributed by atoms with E-state index in [-0.39, 0.29) is 0 Å². The quantitative estimate of drug-likeness (QED) is 0.547. The highest BCUT2D eigenvalue weighted by atomic mass is 15.3. The van der Waals surface area contributed by atoms with Crippen molar-refractivity contribution in [3.63, 3.8) is 0 Å². The van der Waals surface area contributed by atoms with Crippen molar-refractivity contribution in [2.24, 2.45) is 4.99 Å². The second kappa shape index (κ2) is 6.86. The van der Waals surface area contributed by atoms with E-state index < -0.39 is 0 Å². The SMILES string of the molecule is CCNC(=NCCn1cccn1)NCC. The minimum Gasteiger partial charge on any atom is -0.357 e. The van der Waals surface area contributed by atoms with E-state index in [1.54, 1.807) is 6.20 Å². The molecule has 1 heterocycles. The molecular weight excluding hydrogens is 190 g/mol. The van der Waals surface area contributed by atoms with Gasteiger partial charge in [-0.1, -0.05) is 0 Å². The van der Waals surface area contributed by atoms with Crippen LogP contribution in [0.25, 0.3) is 0 Å². The van der Waals surface area contributed by atoms with Crippen LogP contribution in [0.4, 0.5) is 0 Å². The molecule has 0 amide bonds. The summed E-state index contributed by atoms with van der Waals surface area (Å²) in [5.74, 6) is 0.868. The third kappa shape index (κ3) is 4.49. The summed E-state index contributed by atoms with van der Waals surface area (Å²) in [6.07, 6.45) is 3.72. The molecule has 1 rings (SSSR count). The number of nitrogens with zero attached hydrogens (tertiary/aromatic N) is 3. The van der Waals surface area contributed by atoms with Gasteiger partial charge in [0, 0.05) is 25.5 Å². The molecule has 0 fully saturated rings. The molecule has 0 aromatic carbocycles. The summed E-state index contributed by atoms with van der Waals surface area (Å²) in [7, 11) is 0. The molecule has 0 aliphatic heterocycles. The fourth-order valence-electron chi connectivity index (χ4n) is 1.21. The van der Waals surface area contributed by atoms with Crippen LogP contribution < -0.4 is 10.6 Å². The predicted octanol–water partition coefficient (Wildman–Crippen LogP) is 0.458. The van der Waals surface area contributed by atoms with E-state index in [2.05, 4.69) is 34.6 Å². The van der Waals surface area contributed by atoms with E-state index in [1.807, 2.05) is 16.9 Å². The first kappa shape index (κ1) is 11.6. The zero-order chi connectivity index (χ0) is 10.9. The van der Waals surface area contributed by atoms with Gasteiger partial charge in [-0.15, -0.1) is 0 Å². The van der Waals surface area contributed by atoms with Crippen molar-refractivity contribution in [3.8, 4) is 0 Å². The molecule has 0 atom stereocenters. The van der Waals surface area contributed by atoms with Gasteiger partial charge in [0.15, 0.2) is 5.96 Å². The smallest absolute Gasteiger partial charge is 0.191 e. The molecule has 0 saturated carbocycles. The first-order chi connectivity index (χ1) is 7.36. The Morgan fingerprint density at radius 3 is 2.60 bits per heavy atom.